The molecule has 1 aromatic carbocycles. The van der Waals surface area contributed by atoms with E-state index in [0.29, 0.717) is 5.69 Å². The summed E-state index contributed by atoms with van der Waals surface area (Å²) >= 11 is 0. The number of anilines is 1. The highest BCUT2D eigenvalue weighted by atomic mass is 19.1. The Hall–Kier alpha value is -1.69. The lowest BCUT2D eigenvalue weighted by atomic mass is 10.2. The van der Waals surface area contributed by atoms with Gasteiger partial charge in [0.25, 0.3) is 5.69 Å². The van der Waals surface area contributed by atoms with Crippen LogP contribution in [0.3, 0.4) is 0 Å². The highest BCUT2D eigenvalue weighted by molar-refractivity contribution is 5.54. The number of rotatable bonds is 3. The summed E-state index contributed by atoms with van der Waals surface area (Å²) in [6.07, 6.45) is 0.959. The van der Waals surface area contributed by atoms with Crippen LogP contribution in [0, 0.1) is 15.9 Å². The first-order valence-electron chi connectivity index (χ1n) is 5.46. The van der Waals surface area contributed by atoms with Crippen molar-refractivity contribution in [3.63, 3.8) is 0 Å². The first-order valence-corrected chi connectivity index (χ1v) is 5.46. The summed E-state index contributed by atoms with van der Waals surface area (Å²) in [7, 11) is 1.83. The van der Waals surface area contributed by atoms with Gasteiger partial charge in [-0.1, -0.05) is 0 Å². The van der Waals surface area contributed by atoms with E-state index in [1.54, 1.807) is 0 Å². The molecule has 1 saturated heterocycles. The predicted molar refractivity (Wildman–Crippen MR) is 62.7 cm³/mol. The van der Waals surface area contributed by atoms with Gasteiger partial charge in [-0.2, -0.15) is 0 Å². The van der Waals surface area contributed by atoms with Gasteiger partial charge in [-0.25, -0.2) is 4.39 Å². The molecule has 17 heavy (non-hydrogen) atoms. The molecule has 0 aliphatic carbocycles. The third-order valence-corrected chi connectivity index (χ3v) is 3.07. The maximum absolute atomic E-state index is 13.3. The molecule has 6 heteroatoms. The summed E-state index contributed by atoms with van der Waals surface area (Å²) in [5.74, 6) is -0.577. The normalized spacial score (nSPS) is 19.3. The maximum Gasteiger partial charge on any atom is 0.274 e. The Kier molecular flexibility index (Phi) is 3.23. The predicted octanol–water partition coefficient (Wildman–Crippen LogP) is 1.53. The number of nitrogens with one attached hydrogen (secondary N) is 1. The topological polar surface area (TPSA) is 58.4 Å². The first-order chi connectivity index (χ1) is 8.08. The van der Waals surface area contributed by atoms with E-state index in [4.69, 9.17) is 0 Å². The van der Waals surface area contributed by atoms with Gasteiger partial charge in [0.1, 0.15) is 5.82 Å². The van der Waals surface area contributed by atoms with Gasteiger partial charge in [0.15, 0.2) is 0 Å². The standard InChI is InChI=1S/C11H14FN3O2/c1-14(9-2-3-13-7-9)10-4-8(12)5-11(6-10)15(16)17/h4-6,9,13H,2-3,7H2,1H3. The molecule has 1 atom stereocenters. The number of likely N-dealkylation sites (N-methyl/N-ethyl adjacent to an activating group) is 1. The van der Waals surface area contributed by atoms with Crippen molar-refractivity contribution in [1.29, 1.82) is 0 Å². The second-order valence-corrected chi connectivity index (χ2v) is 4.18. The molecule has 0 saturated carbocycles. The zero-order valence-electron chi connectivity index (χ0n) is 9.52. The summed E-state index contributed by atoms with van der Waals surface area (Å²) in [5.41, 5.74) is 0.336. The molecule has 1 aliphatic rings. The number of hydrogen-bond acceptors (Lipinski definition) is 4. The maximum atomic E-state index is 13.3. The van der Waals surface area contributed by atoms with Gasteiger partial charge in [-0.05, 0) is 19.0 Å². The summed E-state index contributed by atoms with van der Waals surface area (Å²) in [6, 6.07) is 3.92. The van der Waals surface area contributed by atoms with E-state index in [1.165, 1.54) is 12.1 Å². The van der Waals surface area contributed by atoms with Crippen molar-refractivity contribution >= 4 is 11.4 Å². The van der Waals surface area contributed by atoms with Crippen LogP contribution in [0.25, 0.3) is 0 Å². The lowest BCUT2D eigenvalue weighted by Gasteiger charge is -2.25. The Morgan fingerprint density at radius 1 is 1.53 bits per heavy atom. The third kappa shape index (κ3) is 2.52. The van der Waals surface area contributed by atoms with E-state index in [2.05, 4.69) is 5.32 Å². The first kappa shape index (κ1) is 11.8. The average molecular weight is 239 g/mol. The lowest BCUT2D eigenvalue weighted by molar-refractivity contribution is -0.385. The highest BCUT2D eigenvalue weighted by Gasteiger charge is 2.21. The molecule has 0 aromatic heterocycles. The molecule has 5 nitrogen and oxygen atoms in total. The second kappa shape index (κ2) is 4.67. The van der Waals surface area contributed by atoms with Gasteiger partial charge in [0.05, 0.1) is 11.0 Å². The Morgan fingerprint density at radius 2 is 2.29 bits per heavy atom. The second-order valence-electron chi connectivity index (χ2n) is 4.18. The molecular weight excluding hydrogens is 225 g/mol. The number of nitro benzene ring substituents is 1. The highest BCUT2D eigenvalue weighted by Crippen LogP contribution is 2.25. The number of nitrogens with zero attached hydrogens (tertiary/aromatic N) is 2. The Morgan fingerprint density at radius 3 is 2.88 bits per heavy atom. The minimum atomic E-state index is -0.577. The Balaban J connectivity index is 2.27. The molecule has 1 heterocycles. The minimum Gasteiger partial charge on any atom is -0.370 e. The van der Waals surface area contributed by atoms with Crippen molar-refractivity contribution in [2.75, 3.05) is 25.0 Å². The van der Waals surface area contributed by atoms with Crippen LogP contribution < -0.4 is 10.2 Å². The molecule has 1 aliphatic heterocycles. The molecule has 1 unspecified atom stereocenters. The van der Waals surface area contributed by atoms with Crippen molar-refractivity contribution in [3.8, 4) is 0 Å². The SMILES string of the molecule is CN(c1cc(F)cc([N+](=O)[O-])c1)C1CCNC1. The fourth-order valence-corrected chi connectivity index (χ4v) is 2.05. The molecule has 2 rings (SSSR count). The smallest absolute Gasteiger partial charge is 0.274 e. The number of halogens is 1. The van der Waals surface area contributed by atoms with Crippen LogP contribution in [0.2, 0.25) is 0 Å². The van der Waals surface area contributed by atoms with Crippen molar-refractivity contribution in [2.24, 2.45) is 0 Å². The number of non-ortho nitro benzene ring substituents is 1. The fourth-order valence-electron chi connectivity index (χ4n) is 2.05. The summed E-state index contributed by atoms with van der Waals surface area (Å²) in [5, 5.41) is 13.9. The Bertz CT molecular complexity index is 433. The monoisotopic (exact) mass is 239 g/mol. The molecule has 0 amide bonds. The molecule has 0 radical (unpaired) electrons. The van der Waals surface area contributed by atoms with E-state index in [1.807, 2.05) is 11.9 Å². The third-order valence-electron chi connectivity index (χ3n) is 3.07. The molecule has 92 valence electrons. The van der Waals surface area contributed by atoms with Crippen LogP contribution in [0.5, 0.6) is 0 Å². The van der Waals surface area contributed by atoms with Gasteiger partial charge in [-0.15, -0.1) is 0 Å². The quantitative estimate of drug-likeness (QED) is 0.642. The van der Waals surface area contributed by atoms with Crippen molar-refractivity contribution < 1.29 is 9.31 Å². The molecular formula is C11H14FN3O2. The van der Waals surface area contributed by atoms with Crippen LogP contribution in [0.1, 0.15) is 6.42 Å². The molecule has 0 spiro atoms. The van der Waals surface area contributed by atoms with E-state index < -0.39 is 10.7 Å². The zero-order chi connectivity index (χ0) is 12.4. The molecule has 1 aromatic rings. The van der Waals surface area contributed by atoms with E-state index in [0.717, 1.165) is 25.6 Å². The number of benzene rings is 1. The number of nitro groups is 1. The largest absolute Gasteiger partial charge is 0.370 e. The van der Waals surface area contributed by atoms with Gasteiger partial charge >= 0.3 is 0 Å². The fraction of sp³-hybridized carbons (Fsp3) is 0.455. The minimum absolute atomic E-state index is 0.210. The summed E-state index contributed by atoms with van der Waals surface area (Å²) in [6.45, 7) is 1.74. The van der Waals surface area contributed by atoms with Gasteiger partial charge < -0.3 is 10.2 Å². The Labute approximate surface area is 98.4 Å². The van der Waals surface area contributed by atoms with E-state index >= 15 is 0 Å². The van der Waals surface area contributed by atoms with Crippen molar-refractivity contribution in [2.45, 2.75) is 12.5 Å². The zero-order valence-corrected chi connectivity index (χ0v) is 9.52. The lowest BCUT2D eigenvalue weighted by Crippen LogP contribution is -2.33. The van der Waals surface area contributed by atoms with Crippen LogP contribution in [-0.4, -0.2) is 31.1 Å². The van der Waals surface area contributed by atoms with Crippen LogP contribution in [-0.2, 0) is 0 Å². The van der Waals surface area contributed by atoms with E-state index in [9.17, 15) is 14.5 Å². The van der Waals surface area contributed by atoms with Crippen LogP contribution >= 0.6 is 0 Å². The molecule has 1 fully saturated rings. The van der Waals surface area contributed by atoms with Gasteiger partial charge in [0.2, 0.25) is 0 Å². The van der Waals surface area contributed by atoms with Gasteiger partial charge in [-0.3, -0.25) is 10.1 Å². The van der Waals surface area contributed by atoms with E-state index in [-0.39, 0.29) is 11.7 Å². The van der Waals surface area contributed by atoms with Crippen LogP contribution in [0.4, 0.5) is 15.8 Å². The van der Waals surface area contributed by atoms with Crippen molar-refractivity contribution in [1.82, 2.24) is 5.32 Å². The summed E-state index contributed by atoms with van der Waals surface area (Å²) < 4.78 is 13.3. The number of hydrogen-bond donors (Lipinski definition) is 1. The van der Waals surface area contributed by atoms with Crippen molar-refractivity contribution in [3.05, 3.63) is 34.1 Å². The molecule has 0 bridgehead atoms. The van der Waals surface area contributed by atoms with Gasteiger partial charge in [0, 0.05) is 31.4 Å². The summed E-state index contributed by atoms with van der Waals surface area (Å²) in [4.78, 5) is 12.0. The molecule has 1 N–H and O–H groups in total. The van der Waals surface area contributed by atoms with Crippen LogP contribution in [0.15, 0.2) is 18.2 Å². The average Bonchev–Trinajstić information content (AvgIpc) is 2.80.